The van der Waals surface area contributed by atoms with Crippen LogP contribution >= 0.6 is 11.3 Å². The minimum absolute atomic E-state index is 0.00991. The summed E-state index contributed by atoms with van der Waals surface area (Å²) in [6, 6.07) is 10.3. The highest BCUT2D eigenvalue weighted by atomic mass is 32.1. The van der Waals surface area contributed by atoms with E-state index < -0.39 is 0 Å². The first-order valence-corrected chi connectivity index (χ1v) is 11.9. The SMILES string of the molecule is COCc1nc(NCCCn2nc3n(c2=O)CCCC3)c2c(-c3ccccc3)csc2n1. The van der Waals surface area contributed by atoms with E-state index in [1.807, 2.05) is 22.8 Å². The average Bonchev–Trinajstić information content (AvgIpc) is 3.39. The van der Waals surface area contributed by atoms with Gasteiger partial charge in [0.1, 0.15) is 23.1 Å². The summed E-state index contributed by atoms with van der Waals surface area (Å²) in [4.78, 5) is 22.9. The van der Waals surface area contributed by atoms with E-state index in [4.69, 9.17) is 9.72 Å². The van der Waals surface area contributed by atoms with Crippen molar-refractivity contribution < 1.29 is 4.74 Å². The molecule has 0 unspecified atom stereocenters. The number of methoxy groups -OCH3 is 1. The molecule has 0 amide bonds. The van der Waals surface area contributed by atoms with Crippen LogP contribution in [0.1, 0.15) is 30.9 Å². The van der Waals surface area contributed by atoms with Crippen molar-refractivity contribution in [2.45, 2.75) is 45.4 Å². The molecule has 0 spiro atoms. The van der Waals surface area contributed by atoms with Gasteiger partial charge in [-0.05, 0) is 24.8 Å². The van der Waals surface area contributed by atoms with E-state index in [0.717, 1.165) is 65.2 Å². The highest BCUT2D eigenvalue weighted by Gasteiger charge is 2.17. The maximum Gasteiger partial charge on any atom is 0.345 e. The Morgan fingerprint density at radius 1 is 1.19 bits per heavy atom. The molecule has 32 heavy (non-hydrogen) atoms. The first-order chi connectivity index (χ1) is 15.7. The zero-order chi connectivity index (χ0) is 21.9. The summed E-state index contributed by atoms with van der Waals surface area (Å²) in [5.41, 5.74) is 2.27. The largest absolute Gasteiger partial charge is 0.377 e. The van der Waals surface area contributed by atoms with Crippen molar-refractivity contribution in [3.63, 3.8) is 0 Å². The fraction of sp³-hybridized carbons (Fsp3) is 0.391. The van der Waals surface area contributed by atoms with Gasteiger partial charge in [0.15, 0.2) is 5.82 Å². The summed E-state index contributed by atoms with van der Waals surface area (Å²) in [5, 5.41) is 11.2. The predicted molar refractivity (Wildman–Crippen MR) is 126 cm³/mol. The van der Waals surface area contributed by atoms with E-state index in [2.05, 4.69) is 32.9 Å². The van der Waals surface area contributed by atoms with Gasteiger partial charge >= 0.3 is 5.69 Å². The standard InChI is InChI=1S/C23H26N6O2S/c1-31-14-18-25-21(20-17(15-32-22(20)26-18)16-8-3-2-4-9-16)24-11-7-13-29-23(30)28-12-6-5-10-19(28)27-29/h2-4,8-9,15H,5-7,10-14H2,1H3,(H,24,25,26). The van der Waals surface area contributed by atoms with Crippen LogP contribution in [0.3, 0.4) is 0 Å². The summed E-state index contributed by atoms with van der Waals surface area (Å²) in [6.07, 6.45) is 3.82. The third-order valence-corrected chi connectivity index (χ3v) is 6.58. The normalized spacial score (nSPS) is 13.4. The Kier molecular flexibility index (Phi) is 6.00. The fourth-order valence-electron chi connectivity index (χ4n) is 4.17. The molecule has 1 N–H and O–H groups in total. The number of nitrogens with zero attached hydrogens (tertiary/aromatic N) is 5. The summed E-state index contributed by atoms with van der Waals surface area (Å²) >= 11 is 1.61. The van der Waals surface area contributed by atoms with Crippen molar-refractivity contribution in [2.75, 3.05) is 19.0 Å². The number of nitrogens with one attached hydrogen (secondary N) is 1. The quantitative estimate of drug-likeness (QED) is 0.412. The summed E-state index contributed by atoms with van der Waals surface area (Å²) < 4.78 is 8.69. The lowest BCUT2D eigenvalue weighted by atomic mass is 10.1. The molecular formula is C23H26N6O2S. The molecule has 4 aromatic rings. The Labute approximate surface area is 189 Å². The van der Waals surface area contributed by atoms with Gasteiger partial charge in [-0.25, -0.2) is 19.4 Å². The van der Waals surface area contributed by atoms with Crippen molar-refractivity contribution in [3.8, 4) is 11.1 Å². The van der Waals surface area contributed by atoms with Gasteiger partial charge < -0.3 is 10.1 Å². The number of aryl methyl sites for hydroxylation is 2. The Hall–Kier alpha value is -3.04. The molecule has 8 nitrogen and oxygen atoms in total. The molecule has 0 saturated heterocycles. The fourth-order valence-corrected chi connectivity index (χ4v) is 5.13. The molecule has 3 aromatic heterocycles. The van der Waals surface area contributed by atoms with Gasteiger partial charge in [-0.2, -0.15) is 5.10 Å². The molecule has 1 aliphatic heterocycles. The van der Waals surface area contributed by atoms with Crippen LogP contribution in [0.4, 0.5) is 5.82 Å². The van der Waals surface area contributed by atoms with Gasteiger partial charge in [-0.3, -0.25) is 4.57 Å². The maximum atomic E-state index is 12.5. The molecule has 1 aromatic carbocycles. The number of rotatable bonds is 8. The Bertz CT molecular complexity index is 1280. The third kappa shape index (κ3) is 4.05. The zero-order valence-electron chi connectivity index (χ0n) is 18.1. The van der Waals surface area contributed by atoms with Gasteiger partial charge in [-0.1, -0.05) is 30.3 Å². The van der Waals surface area contributed by atoms with E-state index >= 15 is 0 Å². The molecular weight excluding hydrogens is 424 g/mol. The van der Waals surface area contributed by atoms with Crippen LogP contribution in [0.25, 0.3) is 21.3 Å². The van der Waals surface area contributed by atoms with E-state index in [1.54, 1.807) is 23.1 Å². The molecule has 0 fully saturated rings. The molecule has 1 aliphatic rings. The second-order valence-electron chi connectivity index (χ2n) is 7.93. The van der Waals surface area contributed by atoms with Gasteiger partial charge in [0.25, 0.3) is 0 Å². The van der Waals surface area contributed by atoms with Crippen molar-refractivity contribution >= 4 is 27.4 Å². The van der Waals surface area contributed by atoms with Crippen LogP contribution in [0, 0.1) is 0 Å². The second-order valence-corrected chi connectivity index (χ2v) is 8.79. The average molecular weight is 451 g/mol. The third-order valence-electron chi connectivity index (χ3n) is 5.71. The summed E-state index contributed by atoms with van der Waals surface area (Å²) in [6.45, 7) is 2.41. The number of hydrogen-bond donors (Lipinski definition) is 1. The molecule has 0 bridgehead atoms. The number of thiophene rings is 1. The summed E-state index contributed by atoms with van der Waals surface area (Å²) in [5.74, 6) is 2.38. The van der Waals surface area contributed by atoms with Crippen LogP contribution in [0.15, 0.2) is 40.5 Å². The zero-order valence-corrected chi connectivity index (χ0v) is 18.9. The highest BCUT2D eigenvalue weighted by molar-refractivity contribution is 7.17. The maximum absolute atomic E-state index is 12.5. The van der Waals surface area contributed by atoms with Gasteiger partial charge in [0, 0.05) is 44.1 Å². The highest BCUT2D eigenvalue weighted by Crippen LogP contribution is 2.37. The Balaban J connectivity index is 1.36. The van der Waals surface area contributed by atoms with Crippen molar-refractivity contribution in [2.24, 2.45) is 0 Å². The topological polar surface area (TPSA) is 86.9 Å². The molecule has 166 valence electrons. The molecule has 5 rings (SSSR count). The number of fused-ring (bicyclic) bond motifs is 2. The van der Waals surface area contributed by atoms with E-state index in [1.165, 1.54) is 0 Å². The van der Waals surface area contributed by atoms with Gasteiger partial charge in [0.05, 0.1) is 5.39 Å². The Morgan fingerprint density at radius 2 is 2.06 bits per heavy atom. The molecule has 9 heteroatoms. The summed E-state index contributed by atoms with van der Waals surface area (Å²) in [7, 11) is 1.65. The van der Waals surface area contributed by atoms with Crippen molar-refractivity contribution in [3.05, 3.63) is 57.8 Å². The minimum atomic E-state index is 0.00991. The number of aromatic nitrogens is 5. The van der Waals surface area contributed by atoms with Crippen LogP contribution < -0.4 is 11.0 Å². The monoisotopic (exact) mass is 450 g/mol. The van der Waals surface area contributed by atoms with Crippen LogP contribution in [0.2, 0.25) is 0 Å². The lowest BCUT2D eigenvalue weighted by molar-refractivity contribution is 0.178. The smallest absolute Gasteiger partial charge is 0.345 e. The van der Waals surface area contributed by atoms with Crippen molar-refractivity contribution in [1.82, 2.24) is 24.3 Å². The van der Waals surface area contributed by atoms with Gasteiger partial charge in [-0.15, -0.1) is 11.3 Å². The van der Waals surface area contributed by atoms with E-state index in [0.29, 0.717) is 25.5 Å². The Morgan fingerprint density at radius 3 is 2.88 bits per heavy atom. The van der Waals surface area contributed by atoms with Crippen LogP contribution in [-0.2, 0) is 30.9 Å². The molecule has 0 aliphatic carbocycles. The number of anilines is 1. The molecule has 0 radical (unpaired) electrons. The first kappa shape index (κ1) is 20.8. The lowest BCUT2D eigenvalue weighted by Crippen LogP contribution is -2.27. The number of benzene rings is 1. The van der Waals surface area contributed by atoms with Crippen LogP contribution in [0.5, 0.6) is 0 Å². The van der Waals surface area contributed by atoms with Crippen molar-refractivity contribution in [1.29, 1.82) is 0 Å². The number of ether oxygens (including phenoxy) is 1. The second kappa shape index (κ2) is 9.22. The molecule has 0 atom stereocenters. The minimum Gasteiger partial charge on any atom is -0.377 e. The predicted octanol–water partition coefficient (Wildman–Crippen LogP) is 3.70. The van der Waals surface area contributed by atoms with E-state index in [-0.39, 0.29) is 5.69 Å². The first-order valence-electron chi connectivity index (χ1n) is 11.0. The van der Waals surface area contributed by atoms with Crippen LogP contribution in [-0.4, -0.2) is 38.0 Å². The number of hydrogen-bond acceptors (Lipinski definition) is 7. The lowest BCUT2D eigenvalue weighted by Gasteiger charge is -2.10. The molecule has 4 heterocycles. The van der Waals surface area contributed by atoms with Gasteiger partial charge in [0.2, 0.25) is 0 Å². The molecule has 0 saturated carbocycles. The van der Waals surface area contributed by atoms with E-state index in [9.17, 15) is 4.79 Å².